The maximum absolute atomic E-state index is 12.3. The Bertz CT molecular complexity index is 508. The molecule has 5 heteroatoms. The number of hydrogen-bond donors (Lipinski definition) is 1. The molecule has 1 aromatic heterocycles. The second-order valence-electron chi connectivity index (χ2n) is 3.44. The Hall–Kier alpha value is -1.91. The summed E-state index contributed by atoms with van der Waals surface area (Å²) in [5, 5.41) is 13.1. The van der Waals surface area contributed by atoms with Gasteiger partial charge in [-0.2, -0.15) is 0 Å². The molecule has 0 aliphatic carbocycles. The van der Waals surface area contributed by atoms with Gasteiger partial charge in [0.2, 0.25) is 5.76 Å². The van der Waals surface area contributed by atoms with Crippen LogP contribution in [0.2, 0.25) is 0 Å². The van der Waals surface area contributed by atoms with Crippen molar-refractivity contribution in [2.75, 3.05) is 0 Å². The summed E-state index contributed by atoms with van der Waals surface area (Å²) in [6.45, 7) is 1.83. The van der Waals surface area contributed by atoms with E-state index in [0.717, 1.165) is 11.6 Å². The van der Waals surface area contributed by atoms with Crippen LogP contribution in [-0.2, 0) is 0 Å². The van der Waals surface area contributed by atoms with Gasteiger partial charge in [-0.1, -0.05) is 16.8 Å². The number of phenolic OH excluding ortho intramolecular Hbond substituents is 1. The van der Waals surface area contributed by atoms with Gasteiger partial charge in [0.1, 0.15) is 11.4 Å². The van der Waals surface area contributed by atoms with Crippen molar-refractivity contribution in [3.05, 3.63) is 35.6 Å². The lowest BCUT2D eigenvalue weighted by Gasteiger charge is -2.01. The largest absolute Gasteiger partial charge is 0.507 e. The van der Waals surface area contributed by atoms with Gasteiger partial charge < -0.3 is 9.63 Å². The highest BCUT2D eigenvalue weighted by Crippen LogP contribution is 2.31. The highest BCUT2D eigenvalue weighted by Gasteiger charge is 2.16. The number of hydrogen-bond acceptors (Lipinski definition) is 3. The highest BCUT2D eigenvalue weighted by atomic mass is 19.3. The Labute approximate surface area is 90.3 Å². The molecule has 0 fully saturated rings. The third kappa shape index (κ3) is 1.88. The molecular weight excluding hydrogens is 216 g/mol. The van der Waals surface area contributed by atoms with Crippen molar-refractivity contribution in [3.8, 4) is 17.0 Å². The molecule has 84 valence electrons. The predicted molar refractivity (Wildman–Crippen MR) is 53.3 cm³/mol. The zero-order valence-corrected chi connectivity index (χ0v) is 8.45. The van der Waals surface area contributed by atoms with Crippen molar-refractivity contribution in [3.63, 3.8) is 0 Å². The van der Waals surface area contributed by atoms with E-state index in [1.807, 2.05) is 6.92 Å². The van der Waals surface area contributed by atoms with Crippen molar-refractivity contribution in [1.29, 1.82) is 0 Å². The van der Waals surface area contributed by atoms with Crippen LogP contribution in [-0.4, -0.2) is 10.3 Å². The van der Waals surface area contributed by atoms with E-state index >= 15 is 0 Å². The van der Waals surface area contributed by atoms with Gasteiger partial charge in [-0.05, 0) is 19.1 Å². The van der Waals surface area contributed by atoms with Gasteiger partial charge in [0, 0.05) is 11.6 Å². The number of aromatic nitrogens is 1. The summed E-state index contributed by atoms with van der Waals surface area (Å²) in [5.41, 5.74) is 1.49. The van der Waals surface area contributed by atoms with Crippen LogP contribution < -0.4 is 0 Å². The summed E-state index contributed by atoms with van der Waals surface area (Å²) in [6, 6.07) is 5.98. The van der Waals surface area contributed by atoms with Crippen molar-refractivity contribution >= 4 is 0 Å². The topological polar surface area (TPSA) is 46.3 Å². The Morgan fingerprint density at radius 2 is 2.06 bits per heavy atom. The van der Waals surface area contributed by atoms with E-state index in [2.05, 4.69) is 9.68 Å². The van der Waals surface area contributed by atoms with Gasteiger partial charge in [-0.15, -0.1) is 0 Å². The molecule has 2 rings (SSSR count). The molecule has 0 aliphatic heterocycles. The average Bonchev–Trinajstić information content (AvgIpc) is 2.70. The summed E-state index contributed by atoms with van der Waals surface area (Å²) in [7, 11) is 0. The molecule has 2 aromatic rings. The fourth-order valence-corrected chi connectivity index (χ4v) is 1.37. The lowest BCUT2D eigenvalue weighted by molar-refractivity contribution is 0.112. The molecule has 3 nitrogen and oxygen atoms in total. The van der Waals surface area contributed by atoms with Crippen LogP contribution in [0.5, 0.6) is 5.75 Å². The second kappa shape index (κ2) is 3.92. The zero-order valence-electron chi connectivity index (χ0n) is 8.45. The minimum Gasteiger partial charge on any atom is -0.507 e. The van der Waals surface area contributed by atoms with Crippen molar-refractivity contribution in [2.24, 2.45) is 0 Å². The normalized spacial score (nSPS) is 11.0. The van der Waals surface area contributed by atoms with E-state index in [0.29, 0.717) is 5.56 Å². The fourth-order valence-electron chi connectivity index (χ4n) is 1.37. The molecule has 0 unspecified atom stereocenters. The van der Waals surface area contributed by atoms with E-state index in [1.165, 1.54) is 6.07 Å². The second-order valence-corrected chi connectivity index (χ2v) is 3.44. The molecule has 0 atom stereocenters. The molecule has 0 saturated heterocycles. The van der Waals surface area contributed by atoms with E-state index in [-0.39, 0.29) is 11.4 Å². The van der Waals surface area contributed by atoms with Crippen molar-refractivity contribution in [2.45, 2.75) is 13.3 Å². The third-order valence-corrected chi connectivity index (χ3v) is 2.17. The molecule has 0 radical (unpaired) electrons. The van der Waals surface area contributed by atoms with Crippen LogP contribution in [0.15, 0.2) is 28.8 Å². The van der Waals surface area contributed by atoms with Crippen molar-refractivity contribution < 1.29 is 18.4 Å². The van der Waals surface area contributed by atoms with Gasteiger partial charge in [0.25, 0.3) is 6.43 Å². The standard InChI is InChI=1S/C11H9F2NO2/c1-6-2-3-9(15)7(4-6)8-5-10(11(12)13)16-14-8/h2-5,11,15H,1H3. The Kier molecular flexibility index (Phi) is 2.60. The van der Waals surface area contributed by atoms with Gasteiger partial charge in [-0.25, -0.2) is 8.78 Å². The highest BCUT2D eigenvalue weighted by molar-refractivity contribution is 5.67. The van der Waals surface area contributed by atoms with Crippen LogP contribution in [0.1, 0.15) is 17.7 Å². The lowest BCUT2D eigenvalue weighted by Crippen LogP contribution is -1.81. The summed E-state index contributed by atoms with van der Waals surface area (Å²) in [4.78, 5) is 0. The SMILES string of the molecule is Cc1ccc(O)c(-c2cc(C(F)F)on2)c1. The summed E-state index contributed by atoms with van der Waals surface area (Å²) in [5.74, 6) is -0.518. The van der Waals surface area contributed by atoms with Crippen LogP contribution in [0.25, 0.3) is 11.3 Å². The Morgan fingerprint density at radius 1 is 1.31 bits per heavy atom. The summed E-state index contributed by atoms with van der Waals surface area (Å²) >= 11 is 0. The molecule has 0 aliphatic rings. The number of aryl methyl sites for hydroxylation is 1. The summed E-state index contributed by atoms with van der Waals surface area (Å²) in [6.07, 6.45) is -2.70. The number of halogens is 2. The average molecular weight is 225 g/mol. The van der Waals surface area contributed by atoms with E-state index in [9.17, 15) is 13.9 Å². The first-order chi connectivity index (χ1) is 7.58. The van der Waals surface area contributed by atoms with Gasteiger partial charge in [0.05, 0.1) is 0 Å². The van der Waals surface area contributed by atoms with Gasteiger partial charge in [0.15, 0.2) is 0 Å². The maximum atomic E-state index is 12.3. The van der Waals surface area contributed by atoms with Crippen LogP contribution in [0.3, 0.4) is 0 Å². The first-order valence-electron chi connectivity index (χ1n) is 4.62. The van der Waals surface area contributed by atoms with Crippen molar-refractivity contribution in [1.82, 2.24) is 5.16 Å². The summed E-state index contributed by atoms with van der Waals surface area (Å²) < 4.78 is 29.0. The number of benzene rings is 1. The molecule has 0 spiro atoms. The number of phenols is 1. The molecule has 16 heavy (non-hydrogen) atoms. The third-order valence-electron chi connectivity index (χ3n) is 2.17. The van der Waals surface area contributed by atoms with Crippen LogP contribution in [0, 0.1) is 6.92 Å². The first kappa shape index (κ1) is 10.6. The van der Waals surface area contributed by atoms with E-state index < -0.39 is 12.2 Å². The Balaban J connectivity index is 2.46. The quantitative estimate of drug-likeness (QED) is 0.852. The van der Waals surface area contributed by atoms with E-state index in [4.69, 9.17) is 0 Å². The predicted octanol–water partition coefficient (Wildman–Crippen LogP) is 3.29. The van der Waals surface area contributed by atoms with E-state index in [1.54, 1.807) is 12.1 Å². The molecular formula is C11H9F2NO2. The number of aromatic hydroxyl groups is 1. The van der Waals surface area contributed by atoms with Gasteiger partial charge >= 0.3 is 0 Å². The Morgan fingerprint density at radius 3 is 2.69 bits per heavy atom. The van der Waals surface area contributed by atoms with Gasteiger partial charge in [-0.3, -0.25) is 0 Å². The molecule has 1 heterocycles. The lowest BCUT2D eigenvalue weighted by atomic mass is 10.1. The monoisotopic (exact) mass is 225 g/mol. The number of nitrogens with zero attached hydrogens (tertiary/aromatic N) is 1. The molecule has 0 bridgehead atoms. The molecule has 1 N–H and O–H groups in total. The molecule has 1 aromatic carbocycles. The number of rotatable bonds is 2. The van der Waals surface area contributed by atoms with Crippen LogP contribution >= 0.6 is 0 Å². The maximum Gasteiger partial charge on any atom is 0.298 e. The zero-order chi connectivity index (χ0) is 11.7. The molecule has 0 amide bonds. The fraction of sp³-hybridized carbons (Fsp3) is 0.182. The first-order valence-corrected chi connectivity index (χ1v) is 4.62. The molecule has 0 saturated carbocycles. The van der Waals surface area contributed by atoms with Crippen LogP contribution in [0.4, 0.5) is 8.78 Å². The number of alkyl halides is 2. The minimum atomic E-state index is -2.70. The smallest absolute Gasteiger partial charge is 0.298 e. The minimum absolute atomic E-state index is 0.0142.